The number of aromatic nitrogens is 2. The van der Waals surface area contributed by atoms with E-state index in [4.69, 9.17) is 0 Å². The normalized spacial score (nSPS) is 9.95. The second kappa shape index (κ2) is 6.19. The first-order valence-corrected chi connectivity index (χ1v) is 6.61. The molecule has 1 N–H and O–H groups in total. The maximum Gasteiger partial charge on any atom is 0.236 e. The van der Waals surface area contributed by atoms with Crippen LogP contribution in [0, 0.1) is 0 Å². The third-order valence-corrected chi connectivity index (χ3v) is 2.84. The average Bonchev–Trinajstić information content (AvgIpc) is 2.48. The predicted octanol–water partition coefficient (Wildman–Crippen LogP) is 2.04. The summed E-state index contributed by atoms with van der Waals surface area (Å²) in [5, 5.41) is 2.66. The summed E-state index contributed by atoms with van der Waals surface area (Å²) in [5.74, 6) is -0.401. The highest BCUT2D eigenvalue weighted by Crippen LogP contribution is 2.14. The summed E-state index contributed by atoms with van der Waals surface area (Å²) in [6, 6.07) is 8.72. The van der Waals surface area contributed by atoms with Gasteiger partial charge in [-0.05, 0) is 0 Å². The number of hydrogen-bond acceptors (Lipinski definition) is 4. The molecule has 0 fully saturated rings. The van der Waals surface area contributed by atoms with Crippen molar-refractivity contribution in [3.05, 3.63) is 54.0 Å². The number of nitrogens with one attached hydrogen (secondary N) is 1. The van der Waals surface area contributed by atoms with E-state index in [-0.39, 0.29) is 28.5 Å². The zero-order chi connectivity index (χ0) is 13.7. The minimum Gasteiger partial charge on any atom is -0.308 e. The quantitative estimate of drug-likeness (QED) is 0.691. The van der Waals surface area contributed by atoms with Crippen LogP contribution in [-0.2, 0) is 4.79 Å². The lowest BCUT2D eigenvalue weighted by molar-refractivity contribution is -0.113. The van der Waals surface area contributed by atoms with Crippen LogP contribution in [0.25, 0.3) is 0 Å². The molecule has 0 bridgehead atoms. The number of hydrogen-bond donors (Lipinski definition) is 1. The van der Waals surface area contributed by atoms with Crippen LogP contribution in [0.2, 0.25) is 0 Å². The van der Waals surface area contributed by atoms with Crippen LogP contribution in [-0.4, -0.2) is 27.0 Å². The lowest BCUT2D eigenvalue weighted by Gasteiger charge is -2.07. The molecule has 2 rings (SSSR count). The van der Waals surface area contributed by atoms with Crippen LogP contribution in [0.1, 0.15) is 16.1 Å². The number of halogens is 1. The second-order valence-corrected chi connectivity index (χ2v) is 4.19. The molecule has 0 radical (unpaired) electrons. The molecule has 0 aliphatic carbocycles. The Morgan fingerprint density at radius 1 is 1.11 bits per heavy atom. The second-order valence-electron chi connectivity index (χ2n) is 3.63. The zero-order valence-electron chi connectivity index (χ0n) is 9.84. The number of alkyl halides is 1. The molecule has 0 saturated heterocycles. The van der Waals surface area contributed by atoms with Crippen LogP contribution in [0.3, 0.4) is 0 Å². The monoisotopic (exact) mass is 319 g/mol. The van der Waals surface area contributed by atoms with Gasteiger partial charge in [0.15, 0.2) is 11.5 Å². The number of anilines is 1. The molecule has 1 aromatic heterocycles. The molecule has 6 heteroatoms. The minimum atomic E-state index is -0.289. The van der Waals surface area contributed by atoms with Crippen molar-refractivity contribution in [2.45, 2.75) is 0 Å². The zero-order valence-corrected chi connectivity index (χ0v) is 11.4. The Bertz CT molecular complexity index is 602. The first kappa shape index (κ1) is 13.4. The average molecular weight is 320 g/mol. The smallest absolute Gasteiger partial charge is 0.236 e. The van der Waals surface area contributed by atoms with Crippen molar-refractivity contribution in [1.29, 1.82) is 0 Å². The van der Waals surface area contributed by atoms with Gasteiger partial charge in [0.05, 0.1) is 5.33 Å². The highest BCUT2D eigenvalue weighted by atomic mass is 79.9. The van der Waals surface area contributed by atoms with Gasteiger partial charge in [0.1, 0.15) is 0 Å². The lowest BCUT2D eigenvalue weighted by atomic mass is 10.1. The summed E-state index contributed by atoms with van der Waals surface area (Å²) in [5.41, 5.74) is 0.625. The summed E-state index contributed by atoms with van der Waals surface area (Å²) in [7, 11) is 0. The van der Waals surface area contributed by atoms with E-state index in [9.17, 15) is 9.59 Å². The number of benzene rings is 1. The molecule has 0 saturated carbocycles. The van der Waals surface area contributed by atoms with Crippen LogP contribution in [0.5, 0.6) is 0 Å². The molecule has 96 valence electrons. The third-order valence-electron chi connectivity index (χ3n) is 2.33. The minimum absolute atomic E-state index is 0.128. The molecular formula is C13H10BrN3O2. The maximum absolute atomic E-state index is 12.3. The van der Waals surface area contributed by atoms with E-state index in [0.717, 1.165) is 0 Å². The molecule has 5 nitrogen and oxygen atoms in total. The number of rotatable bonds is 4. The Morgan fingerprint density at radius 3 is 2.47 bits per heavy atom. The van der Waals surface area contributed by atoms with Crippen LogP contribution in [0.4, 0.5) is 5.82 Å². The molecule has 19 heavy (non-hydrogen) atoms. The number of nitrogens with zero attached hydrogens (tertiary/aromatic N) is 2. The van der Waals surface area contributed by atoms with E-state index in [1.54, 1.807) is 24.3 Å². The summed E-state index contributed by atoms with van der Waals surface area (Å²) >= 11 is 3.03. The number of carbonyl (C=O) groups excluding carboxylic acids is 2. The van der Waals surface area contributed by atoms with Crippen LogP contribution >= 0.6 is 15.9 Å². The first-order chi connectivity index (χ1) is 9.22. The Balaban J connectivity index is 2.35. The van der Waals surface area contributed by atoms with Crippen molar-refractivity contribution < 1.29 is 9.59 Å². The fourth-order valence-electron chi connectivity index (χ4n) is 1.49. The first-order valence-electron chi connectivity index (χ1n) is 5.49. The fraction of sp³-hybridized carbons (Fsp3) is 0.0769. The Hall–Kier alpha value is -2.08. The van der Waals surface area contributed by atoms with Gasteiger partial charge in [-0.2, -0.15) is 0 Å². The van der Waals surface area contributed by atoms with Gasteiger partial charge in [0, 0.05) is 18.0 Å². The summed E-state index contributed by atoms with van der Waals surface area (Å²) < 4.78 is 0. The molecule has 0 atom stereocenters. The molecule has 0 aliphatic heterocycles. The van der Waals surface area contributed by atoms with Gasteiger partial charge >= 0.3 is 0 Å². The summed E-state index contributed by atoms with van der Waals surface area (Å²) in [6.45, 7) is 0. The van der Waals surface area contributed by atoms with Gasteiger partial charge in [-0.25, -0.2) is 9.97 Å². The van der Waals surface area contributed by atoms with Crippen molar-refractivity contribution in [2.75, 3.05) is 10.6 Å². The van der Waals surface area contributed by atoms with Gasteiger partial charge in [-0.3, -0.25) is 9.59 Å². The predicted molar refractivity (Wildman–Crippen MR) is 74.3 cm³/mol. The van der Waals surface area contributed by atoms with E-state index in [2.05, 4.69) is 31.2 Å². The van der Waals surface area contributed by atoms with Crippen molar-refractivity contribution in [2.24, 2.45) is 0 Å². The molecule has 0 aliphatic rings. The summed E-state index contributed by atoms with van der Waals surface area (Å²) in [6.07, 6.45) is 2.84. The van der Waals surface area contributed by atoms with Gasteiger partial charge in [0.2, 0.25) is 11.7 Å². The highest BCUT2D eigenvalue weighted by molar-refractivity contribution is 9.09. The Labute approximate surface area is 118 Å². The van der Waals surface area contributed by atoms with Gasteiger partial charge in [-0.15, -0.1) is 0 Å². The largest absolute Gasteiger partial charge is 0.308 e. The highest BCUT2D eigenvalue weighted by Gasteiger charge is 2.17. The van der Waals surface area contributed by atoms with Gasteiger partial charge < -0.3 is 5.32 Å². The van der Waals surface area contributed by atoms with E-state index in [1.807, 2.05) is 6.07 Å². The third kappa shape index (κ3) is 3.23. The Kier molecular flexibility index (Phi) is 4.35. The SMILES string of the molecule is O=C(CBr)Nc1nccnc1C(=O)c1ccccc1. The molecule has 1 amide bonds. The number of carbonyl (C=O) groups is 2. The lowest BCUT2D eigenvalue weighted by Crippen LogP contribution is -2.18. The van der Waals surface area contributed by atoms with Gasteiger partial charge in [0.25, 0.3) is 0 Å². The molecule has 0 unspecified atom stereocenters. The molecular weight excluding hydrogens is 310 g/mol. The van der Waals surface area contributed by atoms with E-state index in [0.29, 0.717) is 5.56 Å². The van der Waals surface area contributed by atoms with E-state index < -0.39 is 0 Å². The number of ketones is 1. The van der Waals surface area contributed by atoms with Gasteiger partial charge in [-0.1, -0.05) is 46.3 Å². The van der Waals surface area contributed by atoms with Crippen molar-refractivity contribution in [3.63, 3.8) is 0 Å². The van der Waals surface area contributed by atoms with Crippen molar-refractivity contribution in [3.8, 4) is 0 Å². The van der Waals surface area contributed by atoms with E-state index >= 15 is 0 Å². The Morgan fingerprint density at radius 2 is 1.79 bits per heavy atom. The fourth-order valence-corrected chi connectivity index (χ4v) is 1.63. The molecule has 0 spiro atoms. The topological polar surface area (TPSA) is 72.0 Å². The molecule has 2 aromatic rings. The van der Waals surface area contributed by atoms with Crippen LogP contribution in [0.15, 0.2) is 42.7 Å². The molecule has 1 heterocycles. The van der Waals surface area contributed by atoms with E-state index in [1.165, 1.54) is 12.4 Å². The molecule has 1 aromatic carbocycles. The van der Waals surface area contributed by atoms with Crippen molar-refractivity contribution in [1.82, 2.24) is 9.97 Å². The maximum atomic E-state index is 12.3. The van der Waals surface area contributed by atoms with Crippen LogP contribution < -0.4 is 5.32 Å². The number of amides is 1. The summed E-state index contributed by atoms with van der Waals surface area (Å²) in [4.78, 5) is 31.6. The van der Waals surface area contributed by atoms with Crippen molar-refractivity contribution >= 4 is 33.4 Å². The standard InChI is InChI=1S/C13H10BrN3O2/c14-8-10(18)17-13-11(15-6-7-16-13)12(19)9-4-2-1-3-5-9/h1-7H,8H2,(H,16,17,18).